The summed E-state index contributed by atoms with van der Waals surface area (Å²) in [6.45, 7) is 7.74. The summed E-state index contributed by atoms with van der Waals surface area (Å²) < 4.78 is 32.8. The Hall–Kier alpha value is -2.26. The van der Waals surface area contributed by atoms with Gasteiger partial charge in [0.2, 0.25) is 21.8 Å². The Kier molecular flexibility index (Phi) is 5.91. The van der Waals surface area contributed by atoms with Gasteiger partial charge < -0.3 is 9.42 Å². The van der Waals surface area contributed by atoms with Gasteiger partial charge in [-0.2, -0.15) is 9.29 Å². The van der Waals surface area contributed by atoms with E-state index in [2.05, 4.69) is 10.1 Å². The van der Waals surface area contributed by atoms with Gasteiger partial charge in [0.25, 0.3) is 0 Å². The van der Waals surface area contributed by atoms with Crippen LogP contribution in [0.5, 0.6) is 0 Å². The monoisotopic (exact) mass is 446 g/mol. The molecule has 9 heteroatoms. The molecule has 4 rings (SSSR count). The lowest BCUT2D eigenvalue weighted by Crippen LogP contribution is -2.35. The van der Waals surface area contributed by atoms with Gasteiger partial charge in [-0.3, -0.25) is 4.79 Å². The van der Waals surface area contributed by atoms with Crippen molar-refractivity contribution in [3.8, 4) is 0 Å². The molecule has 0 N–H and O–H groups in total. The van der Waals surface area contributed by atoms with Gasteiger partial charge in [-0.1, -0.05) is 32.3 Å². The second-order valence-electron chi connectivity index (χ2n) is 9.31. The Morgan fingerprint density at radius 2 is 1.87 bits per heavy atom. The number of anilines is 1. The average Bonchev–Trinajstić information content (AvgIpc) is 3.39. The number of fused-ring (bicyclic) bond motifs is 1. The summed E-state index contributed by atoms with van der Waals surface area (Å²) in [5.41, 5.74) is 1.49. The van der Waals surface area contributed by atoms with E-state index in [1.807, 2.05) is 20.8 Å². The number of piperidine rings is 1. The zero-order valence-corrected chi connectivity index (χ0v) is 19.2. The summed E-state index contributed by atoms with van der Waals surface area (Å²) in [5.74, 6) is 1.06. The van der Waals surface area contributed by atoms with Gasteiger partial charge in [0.05, 0.1) is 4.90 Å². The Morgan fingerprint density at radius 3 is 2.55 bits per heavy atom. The summed E-state index contributed by atoms with van der Waals surface area (Å²) in [5, 5.41) is 4.00. The number of aromatic nitrogens is 2. The molecule has 168 valence electrons. The first-order valence-corrected chi connectivity index (χ1v) is 12.4. The quantitative estimate of drug-likeness (QED) is 0.700. The van der Waals surface area contributed by atoms with Crippen molar-refractivity contribution < 1.29 is 17.7 Å². The van der Waals surface area contributed by atoms with Crippen LogP contribution in [0.4, 0.5) is 5.69 Å². The number of carbonyl (C=O) groups is 1. The van der Waals surface area contributed by atoms with Gasteiger partial charge in [0, 0.05) is 43.6 Å². The molecule has 0 spiro atoms. The first kappa shape index (κ1) is 22.0. The lowest BCUT2D eigenvalue weighted by molar-refractivity contribution is -0.118. The maximum Gasteiger partial charge on any atom is 0.243 e. The van der Waals surface area contributed by atoms with E-state index in [-0.39, 0.29) is 17.7 Å². The standard InChI is InChI=1S/C22H30N4O4S/c1-22(2,3)21-23-19(30-24-21)9-10-20(27)26-14-11-16-15-17(7-8-18(16)26)31(28,29)25-12-5-4-6-13-25/h7-8,15H,4-6,9-14H2,1-3H3. The SMILES string of the molecule is CC(C)(C)c1noc(CCC(=O)N2CCc3cc(S(=O)(=O)N4CCCCC4)ccc32)n1. The Morgan fingerprint density at radius 1 is 1.13 bits per heavy atom. The van der Waals surface area contributed by atoms with Gasteiger partial charge in [-0.15, -0.1) is 0 Å². The molecule has 2 aromatic rings. The Bertz CT molecular complexity index is 1070. The number of sulfonamides is 1. The number of aryl methyl sites for hydroxylation is 1. The molecule has 31 heavy (non-hydrogen) atoms. The lowest BCUT2D eigenvalue weighted by atomic mass is 9.96. The largest absolute Gasteiger partial charge is 0.339 e. The molecule has 8 nitrogen and oxygen atoms in total. The molecular weight excluding hydrogens is 416 g/mol. The van der Waals surface area contributed by atoms with Gasteiger partial charge in [0.1, 0.15) is 0 Å². The van der Waals surface area contributed by atoms with Crippen LogP contribution in [0.3, 0.4) is 0 Å². The van der Waals surface area contributed by atoms with Crippen LogP contribution in [0.1, 0.15) is 63.7 Å². The molecule has 0 saturated carbocycles. The fraction of sp³-hybridized carbons (Fsp3) is 0.591. The molecule has 1 amide bonds. The number of benzene rings is 1. The molecule has 1 saturated heterocycles. The molecule has 0 atom stereocenters. The zero-order chi connectivity index (χ0) is 22.2. The summed E-state index contributed by atoms with van der Waals surface area (Å²) in [4.78, 5) is 19.3. The highest BCUT2D eigenvalue weighted by molar-refractivity contribution is 7.89. The van der Waals surface area contributed by atoms with Crippen molar-refractivity contribution in [2.45, 2.75) is 69.6 Å². The van der Waals surface area contributed by atoms with E-state index >= 15 is 0 Å². The van der Waals surface area contributed by atoms with Crippen molar-refractivity contribution in [3.63, 3.8) is 0 Å². The Balaban J connectivity index is 1.44. The van der Waals surface area contributed by atoms with Crippen molar-refractivity contribution in [1.29, 1.82) is 0 Å². The number of nitrogens with zero attached hydrogens (tertiary/aromatic N) is 4. The van der Waals surface area contributed by atoms with E-state index in [1.165, 1.54) is 0 Å². The molecule has 0 unspecified atom stereocenters. The van der Waals surface area contributed by atoms with Crippen LogP contribution < -0.4 is 4.90 Å². The van der Waals surface area contributed by atoms with Crippen molar-refractivity contribution in [3.05, 3.63) is 35.5 Å². The highest BCUT2D eigenvalue weighted by Crippen LogP contribution is 2.32. The third kappa shape index (κ3) is 4.52. The van der Waals surface area contributed by atoms with E-state index in [1.54, 1.807) is 27.4 Å². The molecule has 1 fully saturated rings. The molecule has 2 aliphatic rings. The van der Waals surface area contributed by atoms with Gasteiger partial charge in [-0.25, -0.2) is 8.42 Å². The highest BCUT2D eigenvalue weighted by Gasteiger charge is 2.30. The first-order chi connectivity index (χ1) is 14.7. The smallest absolute Gasteiger partial charge is 0.243 e. The summed E-state index contributed by atoms with van der Waals surface area (Å²) in [7, 11) is -3.48. The van der Waals surface area contributed by atoms with E-state index in [0.29, 0.717) is 49.1 Å². The molecule has 2 aliphatic heterocycles. The lowest BCUT2D eigenvalue weighted by Gasteiger charge is -2.26. The minimum atomic E-state index is -3.48. The number of amides is 1. The van der Waals surface area contributed by atoms with Crippen molar-refractivity contribution in [1.82, 2.24) is 14.4 Å². The van der Waals surface area contributed by atoms with Crippen molar-refractivity contribution in [2.24, 2.45) is 0 Å². The minimum Gasteiger partial charge on any atom is -0.339 e. The van der Waals surface area contributed by atoms with E-state index < -0.39 is 10.0 Å². The fourth-order valence-electron chi connectivity index (χ4n) is 4.06. The normalized spacial score (nSPS) is 17.7. The fourth-order valence-corrected chi connectivity index (χ4v) is 5.63. The van der Waals surface area contributed by atoms with Crippen LogP contribution in [-0.2, 0) is 33.1 Å². The van der Waals surface area contributed by atoms with Crippen LogP contribution in [0.25, 0.3) is 0 Å². The molecule has 1 aromatic carbocycles. The topological polar surface area (TPSA) is 96.6 Å². The van der Waals surface area contributed by atoms with E-state index in [0.717, 1.165) is 30.5 Å². The van der Waals surface area contributed by atoms with Crippen molar-refractivity contribution >= 4 is 21.6 Å². The molecule has 0 bridgehead atoms. The maximum atomic E-state index is 13.0. The molecule has 0 aliphatic carbocycles. The number of rotatable bonds is 5. The van der Waals surface area contributed by atoms with E-state index in [4.69, 9.17) is 4.52 Å². The maximum absolute atomic E-state index is 13.0. The first-order valence-electron chi connectivity index (χ1n) is 10.9. The molecule has 1 aromatic heterocycles. The van der Waals surface area contributed by atoms with Crippen LogP contribution in [-0.4, -0.2) is 48.4 Å². The van der Waals surface area contributed by atoms with Gasteiger partial charge in [0.15, 0.2) is 5.82 Å². The number of carbonyl (C=O) groups excluding carboxylic acids is 1. The van der Waals surface area contributed by atoms with Crippen LogP contribution in [0.2, 0.25) is 0 Å². The van der Waals surface area contributed by atoms with Crippen molar-refractivity contribution in [2.75, 3.05) is 24.5 Å². The molecule has 3 heterocycles. The van der Waals surface area contributed by atoms with Gasteiger partial charge >= 0.3 is 0 Å². The summed E-state index contributed by atoms with van der Waals surface area (Å²) in [6, 6.07) is 5.13. The average molecular weight is 447 g/mol. The summed E-state index contributed by atoms with van der Waals surface area (Å²) >= 11 is 0. The van der Waals surface area contributed by atoms with Crippen LogP contribution >= 0.6 is 0 Å². The summed E-state index contributed by atoms with van der Waals surface area (Å²) in [6.07, 6.45) is 4.19. The van der Waals surface area contributed by atoms with Crippen LogP contribution in [0.15, 0.2) is 27.6 Å². The number of hydrogen-bond donors (Lipinski definition) is 0. The van der Waals surface area contributed by atoms with Crippen LogP contribution in [0, 0.1) is 0 Å². The second-order valence-corrected chi connectivity index (χ2v) is 11.3. The van der Waals surface area contributed by atoms with E-state index in [9.17, 15) is 13.2 Å². The Labute approximate surface area is 183 Å². The highest BCUT2D eigenvalue weighted by atomic mass is 32.2. The molecular formula is C22H30N4O4S. The predicted octanol–water partition coefficient (Wildman–Crippen LogP) is 3.06. The number of hydrogen-bond acceptors (Lipinski definition) is 6. The minimum absolute atomic E-state index is 0.0269. The third-order valence-corrected chi connectivity index (χ3v) is 7.79. The van der Waals surface area contributed by atoms with Gasteiger partial charge in [-0.05, 0) is 43.0 Å². The predicted molar refractivity (Wildman–Crippen MR) is 116 cm³/mol. The molecule has 0 radical (unpaired) electrons. The second kappa shape index (κ2) is 8.35. The third-order valence-electron chi connectivity index (χ3n) is 5.89. The zero-order valence-electron chi connectivity index (χ0n) is 18.4.